The summed E-state index contributed by atoms with van der Waals surface area (Å²) in [5.74, 6) is 0. The third-order valence-electron chi connectivity index (χ3n) is 2.93. The lowest BCUT2D eigenvalue weighted by Crippen LogP contribution is -2.04. The molecule has 1 atom stereocenters. The first-order valence-corrected chi connectivity index (χ1v) is 5.86. The van der Waals surface area contributed by atoms with Crippen molar-refractivity contribution in [2.45, 2.75) is 39.3 Å². The Kier molecular flexibility index (Phi) is 3.01. The largest absolute Gasteiger partial charge is 0.393 e. The van der Waals surface area contributed by atoms with Crippen LogP contribution in [0.4, 0.5) is 0 Å². The first-order valence-electron chi connectivity index (χ1n) is 5.86. The van der Waals surface area contributed by atoms with Crippen LogP contribution in [0.25, 0.3) is 10.9 Å². The van der Waals surface area contributed by atoms with E-state index in [0.717, 1.165) is 6.42 Å². The molecule has 2 nitrogen and oxygen atoms in total. The van der Waals surface area contributed by atoms with E-state index in [4.69, 9.17) is 0 Å². The molecule has 0 aliphatic carbocycles. The molecule has 1 aromatic carbocycles. The molecule has 1 heterocycles. The molecule has 16 heavy (non-hydrogen) atoms. The molecule has 2 rings (SSSR count). The van der Waals surface area contributed by atoms with Crippen molar-refractivity contribution < 1.29 is 5.11 Å². The van der Waals surface area contributed by atoms with E-state index in [1.54, 1.807) is 0 Å². The Balaban J connectivity index is 2.53. The third-order valence-corrected chi connectivity index (χ3v) is 2.93. The van der Waals surface area contributed by atoms with Crippen molar-refractivity contribution in [2.75, 3.05) is 0 Å². The standard InChI is InChI=1S/C14H19NO/c1-10(2)15-8-7-13-12(9-11(3)16)5-4-6-14(13)15/h4-8,10-11,16H,9H2,1-3H3. The van der Waals surface area contributed by atoms with Gasteiger partial charge in [-0.3, -0.25) is 0 Å². The van der Waals surface area contributed by atoms with Gasteiger partial charge in [-0.1, -0.05) is 12.1 Å². The van der Waals surface area contributed by atoms with Crippen LogP contribution in [0.3, 0.4) is 0 Å². The smallest absolute Gasteiger partial charge is 0.0552 e. The van der Waals surface area contributed by atoms with E-state index in [-0.39, 0.29) is 6.10 Å². The molecule has 2 aromatic rings. The van der Waals surface area contributed by atoms with Crippen LogP contribution in [-0.2, 0) is 6.42 Å². The van der Waals surface area contributed by atoms with Gasteiger partial charge in [0.25, 0.3) is 0 Å². The summed E-state index contributed by atoms with van der Waals surface area (Å²) in [5, 5.41) is 10.7. The summed E-state index contributed by atoms with van der Waals surface area (Å²) >= 11 is 0. The molecule has 1 unspecified atom stereocenters. The normalized spacial score (nSPS) is 13.6. The van der Waals surface area contributed by atoms with Crippen molar-refractivity contribution in [2.24, 2.45) is 0 Å². The highest BCUT2D eigenvalue weighted by Crippen LogP contribution is 2.24. The van der Waals surface area contributed by atoms with Crippen LogP contribution in [0.1, 0.15) is 32.4 Å². The van der Waals surface area contributed by atoms with Gasteiger partial charge in [-0.15, -0.1) is 0 Å². The molecule has 0 fully saturated rings. The van der Waals surface area contributed by atoms with E-state index in [1.165, 1.54) is 16.5 Å². The molecule has 0 bridgehead atoms. The second-order valence-corrected chi connectivity index (χ2v) is 4.72. The predicted molar refractivity (Wildman–Crippen MR) is 67.7 cm³/mol. The van der Waals surface area contributed by atoms with Crippen LogP contribution in [0.5, 0.6) is 0 Å². The monoisotopic (exact) mass is 217 g/mol. The molecule has 1 N–H and O–H groups in total. The first kappa shape index (κ1) is 11.2. The van der Waals surface area contributed by atoms with Gasteiger partial charge in [-0.25, -0.2) is 0 Å². The molecule has 1 aromatic heterocycles. The number of nitrogens with zero attached hydrogens (tertiary/aromatic N) is 1. The van der Waals surface area contributed by atoms with Crippen LogP contribution in [0.2, 0.25) is 0 Å². The van der Waals surface area contributed by atoms with Crippen LogP contribution in [0.15, 0.2) is 30.5 Å². The molecule has 0 saturated heterocycles. The van der Waals surface area contributed by atoms with Crippen LogP contribution in [-0.4, -0.2) is 15.8 Å². The highest BCUT2D eigenvalue weighted by molar-refractivity contribution is 5.83. The molecule has 0 saturated carbocycles. The highest BCUT2D eigenvalue weighted by atomic mass is 16.3. The molecular weight excluding hydrogens is 198 g/mol. The minimum Gasteiger partial charge on any atom is -0.393 e. The minimum absolute atomic E-state index is 0.284. The molecule has 0 radical (unpaired) electrons. The summed E-state index contributed by atoms with van der Waals surface area (Å²) in [6.07, 6.45) is 2.56. The summed E-state index contributed by atoms with van der Waals surface area (Å²) in [4.78, 5) is 0. The zero-order valence-electron chi connectivity index (χ0n) is 10.1. The quantitative estimate of drug-likeness (QED) is 0.839. The van der Waals surface area contributed by atoms with Crippen molar-refractivity contribution in [1.29, 1.82) is 0 Å². The fourth-order valence-corrected chi connectivity index (χ4v) is 2.20. The molecule has 0 amide bonds. The van der Waals surface area contributed by atoms with Gasteiger partial charge in [0.1, 0.15) is 0 Å². The molecule has 0 aliphatic rings. The second kappa shape index (κ2) is 4.30. The lowest BCUT2D eigenvalue weighted by atomic mass is 10.0. The maximum absolute atomic E-state index is 9.47. The Morgan fingerprint density at radius 1 is 1.19 bits per heavy atom. The van der Waals surface area contributed by atoms with Gasteiger partial charge in [-0.2, -0.15) is 0 Å². The molecule has 0 spiro atoms. The summed E-state index contributed by atoms with van der Waals surface area (Å²) in [6, 6.07) is 8.92. The Hall–Kier alpha value is -1.28. The average Bonchev–Trinajstić information content (AvgIpc) is 2.61. The minimum atomic E-state index is -0.284. The molecule has 0 aliphatic heterocycles. The summed E-state index contributed by atoms with van der Waals surface area (Å²) in [7, 11) is 0. The highest BCUT2D eigenvalue weighted by Gasteiger charge is 2.08. The Morgan fingerprint density at radius 3 is 2.56 bits per heavy atom. The fraction of sp³-hybridized carbons (Fsp3) is 0.429. The fourth-order valence-electron chi connectivity index (χ4n) is 2.20. The maximum Gasteiger partial charge on any atom is 0.0552 e. The van der Waals surface area contributed by atoms with Gasteiger partial charge >= 0.3 is 0 Å². The van der Waals surface area contributed by atoms with Crippen molar-refractivity contribution in [3.8, 4) is 0 Å². The lowest BCUT2D eigenvalue weighted by Gasteiger charge is -2.11. The Bertz CT molecular complexity index is 482. The van der Waals surface area contributed by atoms with E-state index < -0.39 is 0 Å². The van der Waals surface area contributed by atoms with Crippen molar-refractivity contribution in [3.63, 3.8) is 0 Å². The van der Waals surface area contributed by atoms with E-state index in [2.05, 4.69) is 48.9 Å². The average molecular weight is 217 g/mol. The van der Waals surface area contributed by atoms with Gasteiger partial charge in [0.2, 0.25) is 0 Å². The Labute approximate surface area is 96.5 Å². The molecule has 86 valence electrons. The zero-order chi connectivity index (χ0) is 11.7. The number of fused-ring (bicyclic) bond motifs is 1. The number of hydrogen-bond donors (Lipinski definition) is 1. The number of rotatable bonds is 3. The number of aliphatic hydroxyl groups is 1. The van der Waals surface area contributed by atoms with Crippen molar-refractivity contribution in [3.05, 3.63) is 36.0 Å². The predicted octanol–water partition coefficient (Wildman–Crippen LogP) is 3.15. The van der Waals surface area contributed by atoms with E-state index in [9.17, 15) is 5.11 Å². The third kappa shape index (κ3) is 1.98. The Morgan fingerprint density at radius 2 is 1.94 bits per heavy atom. The first-order chi connectivity index (χ1) is 7.59. The summed E-state index contributed by atoms with van der Waals surface area (Å²) in [5.41, 5.74) is 2.49. The summed E-state index contributed by atoms with van der Waals surface area (Å²) in [6.45, 7) is 6.19. The topological polar surface area (TPSA) is 25.2 Å². The maximum atomic E-state index is 9.47. The van der Waals surface area contributed by atoms with Crippen molar-refractivity contribution >= 4 is 10.9 Å². The van der Waals surface area contributed by atoms with Gasteiger partial charge < -0.3 is 9.67 Å². The van der Waals surface area contributed by atoms with Crippen LogP contribution >= 0.6 is 0 Å². The lowest BCUT2D eigenvalue weighted by molar-refractivity contribution is 0.196. The number of aliphatic hydroxyl groups excluding tert-OH is 1. The number of hydrogen-bond acceptors (Lipinski definition) is 1. The van der Waals surface area contributed by atoms with E-state index in [1.807, 2.05) is 6.92 Å². The van der Waals surface area contributed by atoms with E-state index in [0.29, 0.717) is 6.04 Å². The van der Waals surface area contributed by atoms with Gasteiger partial charge in [0.05, 0.1) is 6.10 Å². The van der Waals surface area contributed by atoms with Gasteiger partial charge in [0.15, 0.2) is 0 Å². The van der Waals surface area contributed by atoms with Gasteiger partial charge in [0, 0.05) is 23.1 Å². The van der Waals surface area contributed by atoms with Crippen LogP contribution < -0.4 is 0 Å². The van der Waals surface area contributed by atoms with Crippen molar-refractivity contribution in [1.82, 2.24) is 4.57 Å². The van der Waals surface area contributed by atoms with Gasteiger partial charge in [-0.05, 0) is 44.9 Å². The summed E-state index contributed by atoms with van der Waals surface area (Å²) < 4.78 is 2.26. The second-order valence-electron chi connectivity index (χ2n) is 4.72. The van der Waals surface area contributed by atoms with Crippen LogP contribution in [0, 0.1) is 0 Å². The molecular formula is C14H19NO. The number of benzene rings is 1. The molecule has 2 heteroatoms. The van der Waals surface area contributed by atoms with E-state index >= 15 is 0 Å². The number of aromatic nitrogens is 1. The SMILES string of the molecule is CC(O)Cc1cccc2c1ccn2C(C)C. The zero-order valence-corrected chi connectivity index (χ0v) is 10.1.